The van der Waals surface area contributed by atoms with Crippen LogP contribution in [-0.2, 0) is 6.54 Å². The molecule has 50 heavy (non-hydrogen) atoms. The van der Waals surface area contributed by atoms with Gasteiger partial charge >= 0.3 is 12.7 Å². The predicted molar refractivity (Wildman–Crippen MR) is 176 cm³/mol. The topological polar surface area (TPSA) is 42.5 Å². The van der Waals surface area contributed by atoms with Gasteiger partial charge in [-0.1, -0.05) is 36.4 Å². The fourth-order valence-electron chi connectivity index (χ4n) is 5.10. The number of hydrogen-bond acceptors (Lipinski definition) is 3. The minimum atomic E-state index is -4.80. The second-order valence-electron chi connectivity index (χ2n) is 10.9. The normalized spacial score (nSPS) is 12.5. The summed E-state index contributed by atoms with van der Waals surface area (Å²) in [5.74, 6) is -0.577. The number of ether oxygens (including phenoxy) is 2. The molecule has 256 valence electrons. The molecule has 0 unspecified atom stereocenters. The lowest BCUT2D eigenvalue weighted by Crippen LogP contribution is -2.33. The molecule has 0 spiro atoms. The van der Waals surface area contributed by atoms with Gasteiger partial charge in [0.25, 0.3) is 11.4 Å². The van der Waals surface area contributed by atoms with Crippen molar-refractivity contribution in [1.82, 2.24) is 0 Å². The van der Waals surface area contributed by atoms with E-state index < -0.39 is 12.7 Å². The Balaban J connectivity index is 1.15. The van der Waals surface area contributed by atoms with E-state index >= 15 is 0 Å². The summed E-state index contributed by atoms with van der Waals surface area (Å²) >= 11 is 0. The molecule has 0 aliphatic rings. The summed E-state index contributed by atoms with van der Waals surface area (Å²) in [4.78, 5) is 4.52. The maximum atomic E-state index is 12.9. The van der Waals surface area contributed by atoms with Gasteiger partial charge in [0.1, 0.15) is 6.54 Å². The summed E-state index contributed by atoms with van der Waals surface area (Å²) in [6.45, 7) is 3.23. The number of aryl methyl sites for hydroxylation is 1. The molecule has 0 radical (unpaired) electrons. The Labute approximate surface area is 285 Å². The summed E-state index contributed by atoms with van der Waals surface area (Å²) in [7, 11) is 0. The van der Waals surface area contributed by atoms with Crippen molar-refractivity contribution in [2.45, 2.75) is 32.6 Å². The van der Waals surface area contributed by atoms with E-state index in [9.17, 15) is 26.3 Å². The first-order valence-electron chi connectivity index (χ1n) is 15.5. The molecule has 2 aromatic carbocycles. The summed E-state index contributed by atoms with van der Waals surface area (Å²) in [6, 6.07) is 23.1. The van der Waals surface area contributed by atoms with E-state index in [2.05, 4.69) is 14.5 Å². The first-order valence-corrected chi connectivity index (χ1v) is 15.5. The summed E-state index contributed by atoms with van der Waals surface area (Å²) < 4.78 is 90.6. The molecule has 0 amide bonds. The van der Waals surface area contributed by atoms with E-state index in [0.29, 0.717) is 6.54 Å². The zero-order valence-electron chi connectivity index (χ0n) is 26.9. The molecule has 3 aromatic heterocycles. The van der Waals surface area contributed by atoms with Crippen LogP contribution in [-0.4, -0.2) is 25.5 Å². The highest BCUT2D eigenvalue weighted by Gasteiger charge is 2.34. The van der Waals surface area contributed by atoms with Crippen LogP contribution in [0.25, 0.3) is 28.1 Å². The van der Waals surface area contributed by atoms with Crippen LogP contribution in [0.4, 0.5) is 26.3 Å². The molecule has 5 rings (SSSR count). The number of aliphatic imine (C=N–C) groups is 1. The highest BCUT2D eigenvalue weighted by atomic mass is 19.4. The summed E-state index contributed by atoms with van der Waals surface area (Å²) in [5, 5.41) is 0. The number of rotatable bonds is 12. The lowest BCUT2D eigenvalue weighted by molar-refractivity contribution is -0.697. The van der Waals surface area contributed by atoms with Gasteiger partial charge in [-0.05, 0) is 47.4 Å². The van der Waals surface area contributed by atoms with Crippen LogP contribution in [0.2, 0.25) is 0 Å². The van der Waals surface area contributed by atoms with Crippen molar-refractivity contribution in [3.8, 4) is 34.0 Å². The van der Waals surface area contributed by atoms with Crippen LogP contribution in [0.3, 0.4) is 0 Å². The van der Waals surface area contributed by atoms with Crippen molar-refractivity contribution in [2.75, 3.05) is 6.54 Å². The first kappa shape index (κ1) is 35.5. The second-order valence-corrected chi connectivity index (χ2v) is 10.9. The smallest absolute Gasteiger partial charge is 0.399 e. The number of nitrogens with zero attached hydrogens (tertiary/aromatic N) is 4. The van der Waals surface area contributed by atoms with Crippen molar-refractivity contribution >= 4 is 11.8 Å². The van der Waals surface area contributed by atoms with Gasteiger partial charge in [-0.25, -0.2) is 4.57 Å². The van der Waals surface area contributed by atoms with Gasteiger partial charge < -0.3 is 9.47 Å². The third kappa shape index (κ3) is 10.1. The van der Waals surface area contributed by atoms with Crippen LogP contribution in [0.15, 0.2) is 145 Å². The monoisotopic (exact) mass is 691 g/mol. The number of pyridine rings is 3. The largest absolute Gasteiger partial charge is 0.573 e. The number of hydrogen-bond donors (Lipinski definition) is 0. The third-order valence-corrected chi connectivity index (χ3v) is 7.36. The van der Waals surface area contributed by atoms with Gasteiger partial charge in [-0.2, -0.15) is 9.13 Å². The Morgan fingerprint density at radius 1 is 0.660 bits per heavy atom. The van der Waals surface area contributed by atoms with E-state index in [4.69, 9.17) is 0 Å². The lowest BCUT2D eigenvalue weighted by atomic mass is 10.1. The Morgan fingerprint density at radius 3 is 1.64 bits per heavy atom. The van der Waals surface area contributed by atoms with Gasteiger partial charge in [0.2, 0.25) is 11.5 Å². The zero-order chi connectivity index (χ0) is 35.6. The molecule has 0 saturated carbocycles. The molecule has 0 bridgehead atoms. The quantitative estimate of drug-likeness (QED) is 0.0437. The first-order chi connectivity index (χ1) is 24.0. The lowest BCUT2D eigenvalue weighted by Gasteiger charge is -2.10. The highest BCUT2D eigenvalue weighted by Crippen LogP contribution is 2.28. The van der Waals surface area contributed by atoms with Crippen LogP contribution < -0.4 is 23.2 Å². The van der Waals surface area contributed by atoms with E-state index in [1.807, 2.05) is 78.5 Å². The number of halogens is 6. The maximum Gasteiger partial charge on any atom is 0.573 e. The van der Waals surface area contributed by atoms with Gasteiger partial charge in [0, 0.05) is 67.7 Å². The number of benzene rings is 2. The number of aromatic nitrogens is 3. The third-order valence-electron chi connectivity index (χ3n) is 7.36. The van der Waals surface area contributed by atoms with Gasteiger partial charge in [-0.15, -0.1) is 26.3 Å². The van der Waals surface area contributed by atoms with Crippen molar-refractivity contribution in [3.63, 3.8) is 0 Å². The fourth-order valence-corrected chi connectivity index (χ4v) is 5.10. The molecule has 0 saturated heterocycles. The van der Waals surface area contributed by atoms with Crippen LogP contribution in [0.1, 0.15) is 18.9 Å². The Hall–Kier alpha value is -5.78. The molecule has 0 fully saturated rings. The average Bonchev–Trinajstić information content (AvgIpc) is 3.09. The van der Waals surface area contributed by atoms with Crippen LogP contribution in [0.5, 0.6) is 11.5 Å². The fraction of sp³-hybridized carbons (Fsp3) is 0.158. The molecular formula is C38H33F6N4O2+3. The standard InChI is InChI=1S/C38H33F6N4O2/c1-2-8-29(31-16-25-47(26-17-31)33-9-3-5-11-35(33)49-37(39,40)41)13-21-45-20-7-22-46-23-14-30(15-24-46)32-18-27-48(28-19-32)34-10-4-6-12-36(34)50-38(42,43)44/h2-6,8-19,21,23-28H,7,20,22H2,1H3/q+3/b8-2-,29-13+,45-21+. The highest BCUT2D eigenvalue weighted by molar-refractivity contribution is 5.88. The molecule has 0 N–H and O–H groups in total. The summed E-state index contributed by atoms with van der Waals surface area (Å²) in [5.41, 5.74) is 4.15. The SMILES string of the molecule is C\C=C/C(=C\C=N\CCC[n+]1ccc(-c2cc[n+](-c3ccccc3OC(F)(F)F)cc2)cc1)c1cc[n+](-c2ccccc2OC(F)(F)F)cc1. The van der Waals surface area contributed by atoms with Gasteiger partial charge in [0.15, 0.2) is 37.2 Å². The van der Waals surface area contributed by atoms with Crippen molar-refractivity contribution < 1.29 is 49.5 Å². The van der Waals surface area contributed by atoms with Gasteiger partial charge in [0.05, 0.1) is 0 Å². The zero-order valence-corrected chi connectivity index (χ0v) is 26.9. The minimum absolute atomic E-state index is 0.263. The second kappa shape index (κ2) is 16.1. The molecule has 3 heterocycles. The van der Waals surface area contributed by atoms with Crippen molar-refractivity contribution in [2.24, 2.45) is 4.99 Å². The molecule has 5 aromatic rings. The van der Waals surface area contributed by atoms with E-state index in [1.165, 1.54) is 24.3 Å². The van der Waals surface area contributed by atoms with Crippen LogP contribution in [0, 0.1) is 0 Å². The Bertz CT molecular complexity index is 1950. The molecule has 0 aliphatic heterocycles. The molecule has 6 nitrogen and oxygen atoms in total. The van der Waals surface area contributed by atoms with Gasteiger partial charge in [-0.3, -0.25) is 4.99 Å². The maximum absolute atomic E-state index is 12.9. The molecular weight excluding hydrogens is 658 g/mol. The predicted octanol–water partition coefficient (Wildman–Crippen LogP) is 8.11. The average molecular weight is 692 g/mol. The Morgan fingerprint density at radius 2 is 1.14 bits per heavy atom. The number of allylic oxidation sites excluding steroid dienone is 4. The summed E-state index contributed by atoms with van der Waals surface area (Å²) in [6.07, 6.45) is 9.32. The molecule has 12 heteroatoms. The number of para-hydroxylation sites is 4. The van der Waals surface area contributed by atoms with E-state index in [-0.39, 0.29) is 22.9 Å². The van der Waals surface area contributed by atoms with Crippen LogP contribution >= 0.6 is 0 Å². The van der Waals surface area contributed by atoms with E-state index in [1.54, 1.807) is 64.4 Å². The Kier molecular flexibility index (Phi) is 11.4. The molecule has 0 atom stereocenters. The molecule has 0 aliphatic carbocycles. The van der Waals surface area contributed by atoms with E-state index in [0.717, 1.165) is 35.2 Å². The van der Waals surface area contributed by atoms with Crippen molar-refractivity contribution in [3.05, 3.63) is 146 Å². The number of alkyl halides is 6. The van der Waals surface area contributed by atoms with Crippen molar-refractivity contribution in [1.29, 1.82) is 0 Å². The minimum Gasteiger partial charge on any atom is -0.399 e.